The normalized spacial score (nSPS) is 16.0. The number of aromatic nitrogens is 1. The number of likely N-dealkylation sites (tertiary alicyclic amines) is 1. The lowest BCUT2D eigenvalue weighted by Crippen LogP contribution is -2.36. The highest BCUT2D eigenvalue weighted by atomic mass is 35.5. The molecule has 1 aromatic heterocycles. The predicted molar refractivity (Wildman–Crippen MR) is 117 cm³/mol. The third kappa shape index (κ3) is 4.09. The highest BCUT2D eigenvalue weighted by Crippen LogP contribution is 2.26. The lowest BCUT2D eigenvalue weighted by atomic mass is 10.1. The number of halogens is 1. The summed E-state index contributed by atoms with van der Waals surface area (Å²) in [6, 6.07) is 14.2. The smallest absolute Gasteiger partial charge is 0.295 e. The maximum absolute atomic E-state index is 12.6. The number of amides is 1. The molecule has 1 fully saturated rings. The van der Waals surface area contributed by atoms with Gasteiger partial charge in [-0.25, -0.2) is 4.98 Å². The van der Waals surface area contributed by atoms with Crippen LogP contribution in [0.2, 0.25) is 5.02 Å². The van der Waals surface area contributed by atoms with Gasteiger partial charge in [-0.05, 0) is 67.4 Å². The number of carbonyl (C=O) groups excluding carboxylic acids is 2. The minimum Gasteiger partial charge on any atom is -0.497 e. The molecule has 2 aromatic carbocycles. The Morgan fingerprint density at radius 1 is 1.17 bits per heavy atom. The molecule has 2 heterocycles. The van der Waals surface area contributed by atoms with Crippen LogP contribution in [0, 0.1) is 6.92 Å². The first-order valence-electron chi connectivity index (χ1n) is 9.75. The van der Waals surface area contributed by atoms with Crippen LogP contribution in [0.3, 0.4) is 0 Å². The molecule has 0 spiro atoms. The summed E-state index contributed by atoms with van der Waals surface area (Å²) in [7, 11) is 1.64. The fourth-order valence-corrected chi connectivity index (χ4v) is 3.84. The Morgan fingerprint density at radius 2 is 1.93 bits per heavy atom. The Labute approximate surface area is 179 Å². The standard InChI is InChI=1S/C23H22ClN3O3/c1-14-11-21(26-20-8-7-18(30-2)12-19(14)20)25-17-9-10-27(13-17)23(29)22(28)15-3-5-16(24)6-4-15/h3-8,11-12,17H,9-10,13H2,1-2H3,(H,25,26)/t17-/m0/s1. The molecular formula is C23H22ClN3O3. The first-order chi connectivity index (χ1) is 14.4. The highest BCUT2D eigenvalue weighted by Gasteiger charge is 2.30. The summed E-state index contributed by atoms with van der Waals surface area (Å²) in [5.74, 6) is 0.550. The fraction of sp³-hybridized carbons (Fsp3) is 0.261. The van der Waals surface area contributed by atoms with Gasteiger partial charge in [0.2, 0.25) is 5.78 Å². The Hall–Kier alpha value is -3.12. The number of carbonyl (C=O) groups is 2. The van der Waals surface area contributed by atoms with E-state index in [4.69, 9.17) is 16.3 Å². The van der Waals surface area contributed by atoms with Gasteiger partial charge in [0.1, 0.15) is 11.6 Å². The van der Waals surface area contributed by atoms with E-state index in [1.807, 2.05) is 31.2 Å². The monoisotopic (exact) mass is 423 g/mol. The van der Waals surface area contributed by atoms with Crippen LogP contribution in [-0.2, 0) is 4.79 Å². The summed E-state index contributed by atoms with van der Waals surface area (Å²) < 4.78 is 5.29. The van der Waals surface area contributed by atoms with Gasteiger partial charge in [0.25, 0.3) is 5.91 Å². The average molecular weight is 424 g/mol. The summed E-state index contributed by atoms with van der Waals surface area (Å²) in [6.07, 6.45) is 0.751. The van der Waals surface area contributed by atoms with Crippen LogP contribution >= 0.6 is 11.6 Å². The van der Waals surface area contributed by atoms with E-state index in [9.17, 15) is 9.59 Å². The second-order valence-electron chi connectivity index (χ2n) is 7.42. The SMILES string of the molecule is COc1ccc2nc(N[C@H]3CCN(C(=O)C(=O)c4ccc(Cl)cc4)C3)cc(C)c2c1. The van der Waals surface area contributed by atoms with Crippen LogP contribution in [0.5, 0.6) is 5.75 Å². The second kappa shape index (κ2) is 8.32. The maximum Gasteiger partial charge on any atom is 0.295 e. The minimum atomic E-state index is -0.513. The molecule has 0 unspecified atom stereocenters. The van der Waals surface area contributed by atoms with E-state index in [1.165, 1.54) is 0 Å². The lowest BCUT2D eigenvalue weighted by molar-refractivity contribution is -0.125. The van der Waals surface area contributed by atoms with Crippen LogP contribution in [0.1, 0.15) is 22.3 Å². The largest absolute Gasteiger partial charge is 0.497 e. The molecule has 1 saturated heterocycles. The van der Waals surface area contributed by atoms with E-state index in [2.05, 4.69) is 10.3 Å². The van der Waals surface area contributed by atoms with Crippen molar-refractivity contribution in [2.24, 2.45) is 0 Å². The highest BCUT2D eigenvalue weighted by molar-refractivity contribution is 6.43. The molecule has 1 aliphatic heterocycles. The van der Waals surface area contributed by atoms with Crippen molar-refractivity contribution in [3.8, 4) is 5.75 Å². The van der Waals surface area contributed by atoms with Crippen molar-refractivity contribution < 1.29 is 14.3 Å². The van der Waals surface area contributed by atoms with Crippen molar-refractivity contribution >= 4 is 40.0 Å². The van der Waals surface area contributed by atoms with Crippen molar-refractivity contribution in [2.75, 3.05) is 25.5 Å². The fourth-order valence-electron chi connectivity index (χ4n) is 3.71. The van der Waals surface area contributed by atoms with Crippen molar-refractivity contribution in [3.05, 3.63) is 64.7 Å². The molecule has 7 heteroatoms. The van der Waals surface area contributed by atoms with Crippen molar-refractivity contribution in [1.82, 2.24) is 9.88 Å². The molecule has 3 aromatic rings. The third-order valence-electron chi connectivity index (χ3n) is 5.35. The van der Waals surface area contributed by atoms with Gasteiger partial charge in [0, 0.05) is 35.1 Å². The molecule has 4 rings (SSSR count). The quantitative estimate of drug-likeness (QED) is 0.494. The number of anilines is 1. The number of aryl methyl sites for hydroxylation is 1. The molecule has 0 aliphatic carbocycles. The number of pyridine rings is 1. The number of nitrogens with zero attached hydrogens (tertiary/aromatic N) is 2. The number of rotatable bonds is 5. The number of fused-ring (bicyclic) bond motifs is 1. The zero-order valence-corrected chi connectivity index (χ0v) is 17.6. The zero-order chi connectivity index (χ0) is 21.3. The van der Waals surface area contributed by atoms with Crippen LogP contribution in [0.15, 0.2) is 48.5 Å². The lowest BCUT2D eigenvalue weighted by Gasteiger charge is -2.17. The van der Waals surface area contributed by atoms with Gasteiger partial charge in [-0.15, -0.1) is 0 Å². The Balaban J connectivity index is 1.44. The number of Topliss-reactive ketones (excluding diaryl/α,β-unsaturated/α-hetero) is 1. The van der Waals surface area contributed by atoms with Gasteiger partial charge in [0.05, 0.1) is 12.6 Å². The number of hydrogen-bond donors (Lipinski definition) is 1. The summed E-state index contributed by atoms with van der Waals surface area (Å²) >= 11 is 5.85. The predicted octanol–water partition coefficient (Wildman–Crippen LogP) is 4.10. The van der Waals surface area contributed by atoms with Crippen LogP contribution in [-0.4, -0.2) is 47.8 Å². The number of ether oxygens (including phenoxy) is 1. The molecule has 1 amide bonds. The first-order valence-corrected chi connectivity index (χ1v) is 10.1. The minimum absolute atomic E-state index is 0.0366. The molecule has 0 saturated carbocycles. The number of benzene rings is 2. The van der Waals surface area contributed by atoms with Gasteiger partial charge in [-0.2, -0.15) is 0 Å². The van der Waals surface area contributed by atoms with E-state index >= 15 is 0 Å². The van der Waals surface area contributed by atoms with E-state index in [1.54, 1.807) is 36.3 Å². The summed E-state index contributed by atoms with van der Waals surface area (Å²) in [4.78, 5) is 31.4. The third-order valence-corrected chi connectivity index (χ3v) is 5.60. The van der Waals surface area contributed by atoms with Crippen molar-refractivity contribution in [2.45, 2.75) is 19.4 Å². The van der Waals surface area contributed by atoms with Crippen molar-refractivity contribution in [3.63, 3.8) is 0 Å². The Morgan fingerprint density at radius 3 is 2.67 bits per heavy atom. The molecule has 1 N–H and O–H groups in total. The number of ketones is 1. The van der Waals surface area contributed by atoms with Crippen molar-refractivity contribution in [1.29, 1.82) is 0 Å². The molecule has 0 bridgehead atoms. The molecule has 30 heavy (non-hydrogen) atoms. The van der Waals surface area contributed by atoms with Crippen LogP contribution in [0.25, 0.3) is 10.9 Å². The van der Waals surface area contributed by atoms with Gasteiger partial charge in [0.15, 0.2) is 0 Å². The summed E-state index contributed by atoms with van der Waals surface area (Å²) in [6.45, 7) is 3.02. The number of hydrogen-bond acceptors (Lipinski definition) is 5. The Kier molecular flexibility index (Phi) is 5.59. The van der Waals surface area contributed by atoms with Gasteiger partial charge in [-0.3, -0.25) is 9.59 Å². The van der Waals surface area contributed by atoms with E-state index < -0.39 is 11.7 Å². The molecule has 0 radical (unpaired) electrons. The second-order valence-corrected chi connectivity index (χ2v) is 7.86. The molecule has 6 nitrogen and oxygen atoms in total. The van der Waals surface area contributed by atoms with E-state index in [0.717, 1.165) is 34.5 Å². The summed E-state index contributed by atoms with van der Waals surface area (Å²) in [5, 5.41) is 4.98. The first kappa shape index (κ1) is 20.2. The molecule has 1 atom stereocenters. The number of methoxy groups -OCH3 is 1. The Bertz CT molecular complexity index is 1110. The van der Waals surface area contributed by atoms with E-state index in [0.29, 0.717) is 23.7 Å². The van der Waals surface area contributed by atoms with E-state index in [-0.39, 0.29) is 6.04 Å². The van der Waals surface area contributed by atoms with Crippen LogP contribution < -0.4 is 10.1 Å². The molecule has 1 aliphatic rings. The number of nitrogens with one attached hydrogen (secondary N) is 1. The molecular weight excluding hydrogens is 402 g/mol. The molecule has 154 valence electrons. The average Bonchev–Trinajstić information content (AvgIpc) is 3.21. The van der Waals surface area contributed by atoms with Gasteiger partial charge >= 0.3 is 0 Å². The van der Waals surface area contributed by atoms with Gasteiger partial charge in [-0.1, -0.05) is 11.6 Å². The van der Waals surface area contributed by atoms with Gasteiger partial charge < -0.3 is 15.0 Å². The topological polar surface area (TPSA) is 71.5 Å². The zero-order valence-electron chi connectivity index (χ0n) is 16.8. The van der Waals surface area contributed by atoms with Crippen LogP contribution in [0.4, 0.5) is 5.82 Å². The summed E-state index contributed by atoms with van der Waals surface area (Å²) in [5.41, 5.74) is 2.32. The maximum atomic E-state index is 12.6.